The topological polar surface area (TPSA) is 75.6 Å². The molecule has 1 rings (SSSR count). The molecule has 1 aromatic carbocycles. The van der Waals surface area contributed by atoms with E-state index in [0.29, 0.717) is 24.4 Å². The number of benzene rings is 1. The molecule has 7 heteroatoms. The molecule has 0 fully saturated rings. The third-order valence-electron chi connectivity index (χ3n) is 3.21. The first-order valence-corrected chi connectivity index (χ1v) is 9.24. The summed E-state index contributed by atoms with van der Waals surface area (Å²) in [7, 11) is -3.53. The summed E-state index contributed by atoms with van der Waals surface area (Å²) in [6.45, 7) is 2.76. The van der Waals surface area contributed by atoms with Gasteiger partial charge >= 0.3 is 0 Å². The highest BCUT2D eigenvalue weighted by Crippen LogP contribution is 2.13. The van der Waals surface area contributed by atoms with E-state index in [0.717, 1.165) is 12.8 Å². The Morgan fingerprint density at radius 1 is 1.38 bits per heavy atom. The number of hydrogen-bond donors (Lipinski definition) is 2. The summed E-state index contributed by atoms with van der Waals surface area (Å²) < 4.78 is 24.3. The van der Waals surface area contributed by atoms with Crippen molar-refractivity contribution >= 4 is 26.1 Å². The van der Waals surface area contributed by atoms with Crippen molar-refractivity contribution in [2.45, 2.75) is 26.2 Å². The van der Waals surface area contributed by atoms with E-state index in [1.807, 2.05) is 25.1 Å². The summed E-state index contributed by atoms with van der Waals surface area (Å²) in [4.78, 5) is 11.8. The van der Waals surface area contributed by atoms with Crippen molar-refractivity contribution in [2.24, 2.45) is 5.92 Å². The van der Waals surface area contributed by atoms with Crippen molar-refractivity contribution in [1.82, 2.24) is 5.32 Å². The van der Waals surface area contributed by atoms with Crippen molar-refractivity contribution in [3.63, 3.8) is 0 Å². The third kappa shape index (κ3) is 8.11. The minimum absolute atomic E-state index is 0.0920. The molecule has 0 saturated heterocycles. The van der Waals surface area contributed by atoms with Gasteiger partial charge in [-0.05, 0) is 30.9 Å². The largest absolute Gasteiger partial charge is 0.352 e. The molecule has 0 saturated carbocycles. The van der Waals surface area contributed by atoms with Gasteiger partial charge in [0.05, 0.1) is 6.61 Å². The molecule has 2 N–H and O–H groups in total. The van der Waals surface area contributed by atoms with E-state index in [1.165, 1.54) is 0 Å². The van der Waals surface area contributed by atoms with Gasteiger partial charge in [0.2, 0.25) is 0 Å². The highest BCUT2D eigenvalue weighted by molar-refractivity contribution is 8.27. The molecule has 0 aromatic heterocycles. The van der Waals surface area contributed by atoms with E-state index in [2.05, 4.69) is 20.7 Å². The van der Waals surface area contributed by atoms with Crippen LogP contribution in [0.1, 0.15) is 36.5 Å². The van der Waals surface area contributed by atoms with Crippen LogP contribution in [0.4, 0.5) is 0 Å². The van der Waals surface area contributed by atoms with Crippen LogP contribution in [0.3, 0.4) is 0 Å². The summed E-state index contributed by atoms with van der Waals surface area (Å²) in [6, 6.07) is 9.04. The van der Waals surface area contributed by atoms with E-state index in [-0.39, 0.29) is 12.5 Å². The van der Waals surface area contributed by atoms with Crippen molar-refractivity contribution < 1.29 is 17.7 Å². The van der Waals surface area contributed by atoms with Crippen LogP contribution in [-0.4, -0.2) is 27.8 Å². The quantitative estimate of drug-likeness (QED) is 0.726. The Hall–Kier alpha value is -1.02. The second kappa shape index (κ2) is 9.09. The van der Waals surface area contributed by atoms with E-state index in [9.17, 15) is 9.00 Å². The minimum atomic E-state index is -3.53. The highest BCUT2D eigenvalue weighted by atomic mass is 32.9. The fraction of sp³-hybridized carbons (Fsp3) is 0.500. The molecule has 5 nitrogen and oxygen atoms in total. The molecular formula is C14H21NO4S2. The number of carbonyl (C=O) groups is 1. The summed E-state index contributed by atoms with van der Waals surface area (Å²) in [5.41, 5.74) is 0.639. The maximum atomic E-state index is 11.8. The lowest BCUT2D eigenvalue weighted by Crippen LogP contribution is -2.26. The molecule has 2 unspecified atom stereocenters. The van der Waals surface area contributed by atoms with Crippen LogP contribution < -0.4 is 5.32 Å². The lowest BCUT2D eigenvalue weighted by atomic mass is 9.99. The standard InChI is InChI=1S/C14H21NO4S2/c1-2-12(9-11-19-21(17,18)20)8-10-15-14(16)13-6-4-3-5-7-13/h3-7,12H,2,8-11H2,1H3,(H,15,16)(H,17,18,20). The summed E-state index contributed by atoms with van der Waals surface area (Å²) in [5, 5.41) is 2.86. The van der Waals surface area contributed by atoms with Gasteiger partial charge in [-0.15, -0.1) is 0 Å². The Labute approximate surface area is 130 Å². The van der Waals surface area contributed by atoms with Gasteiger partial charge in [-0.2, -0.15) is 4.21 Å². The maximum absolute atomic E-state index is 11.8. The lowest BCUT2D eigenvalue weighted by molar-refractivity contribution is 0.0951. The molecule has 0 bridgehead atoms. The molecule has 2 atom stereocenters. The average molecular weight is 331 g/mol. The Balaban J connectivity index is 2.27. The molecule has 118 valence electrons. The van der Waals surface area contributed by atoms with Crippen LogP contribution >= 0.6 is 0 Å². The smallest absolute Gasteiger partial charge is 0.266 e. The van der Waals surface area contributed by atoms with Gasteiger partial charge in [-0.25, -0.2) is 0 Å². The van der Waals surface area contributed by atoms with Gasteiger partial charge < -0.3 is 5.32 Å². The first-order valence-electron chi connectivity index (χ1n) is 6.87. The van der Waals surface area contributed by atoms with Crippen LogP contribution in [0.15, 0.2) is 30.3 Å². The minimum Gasteiger partial charge on any atom is -0.352 e. The first kappa shape index (κ1) is 18.0. The zero-order chi connectivity index (χ0) is 15.7. The van der Waals surface area contributed by atoms with Crippen molar-refractivity contribution in [3.05, 3.63) is 35.9 Å². The van der Waals surface area contributed by atoms with Crippen molar-refractivity contribution in [3.8, 4) is 0 Å². The van der Waals surface area contributed by atoms with Gasteiger partial charge in [0.1, 0.15) is 0 Å². The highest BCUT2D eigenvalue weighted by Gasteiger charge is 2.10. The number of hydrogen-bond acceptors (Lipinski definition) is 4. The van der Waals surface area contributed by atoms with Gasteiger partial charge in [0.15, 0.2) is 0 Å². The van der Waals surface area contributed by atoms with Crippen molar-refractivity contribution in [1.29, 1.82) is 0 Å². The number of carbonyl (C=O) groups excluding carboxylic acids is 1. The van der Waals surface area contributed by atoms with E-state index < -0.39 is 9.05 Å². The van der Waals surface area contributed by atoms with Gasteiger partial charge in [-0.1, -0.05) is 31.5 Å². The molecule has 1 amide bonds. The second-order valence-electron chi connectivity index (χ2n) is 4.72. The molecule has 1 aromatic rings. The molecule has 0 heterocycles. The monoisotopic (exact) mass is 331 g/mol. The summed E-state index contributed by atoms with van der Waals surface area (Å²) >= 11 is 4.25. The lowest BCUT2D eigenvalue weighted by Gasteiger charge is -2.15. The summed E-state index contributed by atoms with van der Waals surface area (Å²) in [6.07, 6.45) is 2.35. The number of amides is 1. The fourth-order valence-corrected chi connectivity index (χ4v) is 2.47. The van der Waals surface area contributed by atoms with Gasteiger partial charge in [-0.3, -0.25) is 13.5 Å². The molecule has 0 radical (unpaired) electrons. The predicted molar refractivity (Wildman–Crippen MR) is 85.9 cm³/mol. The van der Waals surface area contributed by atoms with E-state index in [4.69, 9.17) is 4.55 Å². The molecule has 21 heavy (non-hydrogen) atoms. The van der Waals surface area contributed by atoms with E-state index >= 15 is 0 Å². The SMILES string of the molecule is CCC(CCNC(=O)c1ccccc1)CCOS(=O)(O)=S. The van der Waals surface area contributed by atoms with E-state index in [1.54, 1.807) is 12.1 Å². The zero-order valence-corrected chi connectivity index (χ0v) is 13.6. The van der Waals surface area contributed by atoms with Gasteiger partial charge in [0.25, 0.3) is 15.0 Å². The molecule has 0 spiro atoms. The normalized spacial score (nSPS) is 15.1. The predicted octanol–water partition coefficient (Wildman–Crippen LogP) is 2.37. The van der Waals surface area contributed by atoms with Crippen molar-refractivity contribution in [2.75, 3.05) is 13.2 Å². The molecule has 0 aliphatic heterocycles. The van der Waals surface area contributed by atoms with Crippen LogP contribution in [0.5, 0.6) is 0 Å². The van der Waals surface area contributed by atoms with Crippen LogP contribution in [0.25, 0.3) is 0 Å². The van der Waals surface area contributed by atoms with Crippen LogP contribution in [-0.2, 0) is 24.4 Å². The Kier molecular flexibility index (Phi) is 7.81. The molecule has 0 aliphatic carbocycles. The Morgan fingerprint density at radius 2 is 2.05 bits per heavy atom. The summed E-state index contributed by atoms with van der Waals surface area (Å²) in [5.74, 6) is 0.225. The van der Waals surface area contributed by atoms with Crippen LogP contribution in [0, 0.1) is 5.92 Å². The first-order chi connectivity index (χ1) is 9.92. The maximum Gasteiger partial charge on any atom is 0.266 e. The zero-order valence-electron chi connectivity index (χ0n) is 12.0. The Morgan fingerprint density at radius 3 is 2.62 bits per heavy atom. The van der Waals surface area contributed by atoms with Crippen LogP contribution in [0.2, 0.25) is 0 Å². The second-order valence-corrected chi connectivity index (χ2v) is 7.08. The molecule has 0 aliphatic rings. The fourth-order valence-electron chi connectivity index (χ4n) is 1.95. The average Bonchev–Trinajstić information content (AvgIpc) is 2.45. The number of nitrogens with one attached hydrogen (secondary N) is 1. The Bertz CT molecular complexity index is 531. The third-order valence-corrected chi connectivity index (χ3v) is 3.96. The number of rotatable bonds is 9. The molecular weight excluding hydrogens is 310 g/mol. The van der Waals surface area contributed by atoms with Gasteiger partial charge in [0, 0.05) is 23.3 Å².